The van der Waals surface area contributed by atoms with Gasteiger partial charge < -0.3 is 15.3 Å². The first-order valence-corrected chi connectivity index (χ1v) is 8.00. The molecule has 1 aliphatic rings. The van der Waals surface area contributed by atoms with Gasteiger partial charge in [-0.3, -0.25) is 4.79 Å². The molecule has 0 saturated heterocycles. The van der Waals surface area contributed by atoms with E-state index in [9.17, 15) is 14.7 Å². The molecule has 0 unspecified atom stereocenters. The SMILES string of the molecule is CCCC(C)(C)NC(=O)N(C)C1(CC(=O)O)CCCCC1. The van der Waals surface area contributed by atoms with Crippen LogP contribution in [0, 0.1) is 0 Å². The number of nitrogens with one attached hydrogen (secondary N) is 1. The Labute approximate surface area is 128 Å². The van der Waals surface area contributed by atoms with Crippen LogP contribution in [0.15, 0.2) is 0 Å². The summed E-state index contributed by atoms with van der Waals surface area (Å²) in [5.41, 5.74) is -0.796. The molecule has 21 heavy (non-hydrogen) atoms. The minimum absolute atomic E-state index is 0.0329. The lowest BCUT2D eigenvalue weighted by molar-refractivity contribution is -0.140. The first-order valence-electron chi connectivity index (χ1n) is 8.00. The van der Waals surface area contributed by atoms with E-state index < -0.39 is 11.5 Å². The average Bonchev–Trinajstić information content (AvgIpc) is 2.37. The van der Waals surface area contributed by atoms with E-state index in [2.05, 4.69) is 12.2 Å². The quantitative estimate of drug-likeness (QED) is 0.789. The second-order valence-corrected chi connectivity index (χ2v) is 6.98. The molecule has 0 radical (unpaired) electrons. The van der Waals surface area contributed by atoms with Gasteiger partial charge >= 0.3 is 12.0 Å². The lowest BCUT2D eigenvalue weighted by Gasteiger charge is -2.44. The van der Waals surface area contributed by atoms with Gasteiger partial charge in [0.1, 0.15) is 0 Å². The number of aliphatic carboxylic acids is 1. The van der Waals surface area contributed by atoms with Crippen molar-refractivity contribution in [1.29, 1.82) is 0 Å². The molecule has 1 rings (SSSR count). The van der Waals surface area contributed by atoms with Crippen LogP contribution in [-0.2, 0) is 4.79 Å². The maximum absolute atomic E-state index is 12.5. The summed E-state index contributed by atoms with van der Waals surface area (Å²) in [6.07, 6.45) is 6.58. The van der Waals surface area contributed by atoms with Crippen LogP contribution in [0.2, 0.25) is 0 Å². The molecule has 122 valence electrons. The Morgan fingerprint density at radius 2 is 1.81 bits per heavy atom. The normalized spacial score (nSPS) is 18.1. The van der Waals surface area contributed by atoms with Gasteiger partial charge in [0.15, 0.2) is 0 Å². The standard InChI is InChI=1S/C16H30N2O3/c1-5-9-15(2,3)17-14(21)18(4)16(12-13(19)20)10-7-6-8-11-16/h5-12H2,1-4H3,(H,17,21)(H,19,20). The number of hydrogen-bond acceptors (Lipinski definition) is 2. The Morgan fingerprint density at radius 1 is 1.24 bits per heavy atom. The predicted octanol–water partition coefficient (Wildman–Crippen LogP) is 3.38. The molecule has 0 aromatic heterocycles. The molecule has 0 heterocycles. The highest BCUT2D eigenvalue weighted by molar-refractivity contribution is 5.77. The molecule has 2 amide bonds. The molecule has 0 aliphatic heterocycles. The fourth-order valence-corrected chi connectivity index (χ4v) is 3.40. The Kier molecular flexibility index (Phi) is 6.05. The summed E-state index contributed by atoms with van der Waals surface area (Å²) in [6, 6.07) is -0.156. The minimum Gasteiger partial charge on any atom is -0.481 e. The smallest absolute Gasteiger partial charge is 0.318 e. The third-order valence-corrected chi connectivity index (χ3v) is 4.60. The molecule has 5 heteroatoms. The van der Waals surface area contributed by atoms with Gasteiger partial charge in [0, 0.05) is 12.6 Å². The van der Waals surface area contributed by atoms with Gasteiger partial charge in [-0.25, -0.2) is 4.79 Å². The van der Waals surface area contributed by atoms with Crippen molar-refractivity contribution in [2.45, 2.75) is 83.2 Å². The van der Waals surface area contributed by atoms with Gasteiger partial charge in [0.2, 0.25) is 0 Å². The molecule has 0 bridgehead atoms. The zero-order valence-electron chi connectivity index (χ0n) is 13.9. The van der Waals surface area contributed by atoms with Crippen molar-refractivity contribution in [3.8, 4) is 0 Å². The van der Waals surface area contributed by atoms with Crippen molar-refractivity contribution in [2.24, 2.45) is 0 Å². The van der Waals surface area contributed by atoms with E-state index in [1.165, 1.54) is 0 Å². The average molecular weight is 298 g/mol. The highest BCUT2D eigenvalue weighted by Crippen LogP contribution is 2.36. The van der Waals surface area contributed by atoms with Crippen LogP contribution >= 0.6 is 0 Å². The number of carboxylic acid groups (broad SMARTS) is 1. The van der Waals surface area contributed by atoms with Crippen LogP contribution in [0.4, 0.5) is 4.79 Å². The number of amides is 2. The third kappa shape index (κ3) is 4.90. The van der Waals surface area contributed by atoms with Gasteiger partial charge in [-0.1, -0.05) is 32.6 Å². The monoisotopic (exact) mass is 298 g/mol. The minimum atomic E-state index is -0.829. The van der Waals surface area contributed by atoms with E-state index in [1.807, 2.05) is 13.8 Å². The van der Waals surface area contributed by atoms with Crippen molar-refractivity contribution in [2.75, 3.05) is 7.05 Å². The topological polar surface area (TPSA) is 69.6 Å². The van der Waals surface area contributed by atoms with Crippen molar-refractivity contribution < 1.29 is 14.7 Å². The number of carboxylic acids is 1. The molecule has 5 nitrogen and oxygen atoms in total. The molecular formula is C16H30N2O3. The number of rotatable bonds is 6. The highest BCUT2D eigenvalue weighted by Gasteiger charge is 2.41. The molecular weight excluding hydrogens is 268 g/mol. The van der Waals surface area contributed by atoms with Crippen molar-refractivity contribution in [3.05, 3.63) is 0 Å². The van der Waals surface area contributed by atoms with E-state index in [1.54, 1.807) is 11.9 Å². The van der Waals surface area contributed by atoms with Gasteiger partial charge in [-0.15, -0.1) is 0 Å². The summed E-state index contributed by atoms with van der Waals surface area (Å²) >= 11 is 0. The van der Waals surface area contributed by atoms with Crippen molar-refractivity contribution in [3.63, 3.8) is 0 Å². The van der Waals surface area contributed by atoms with Crippen LogP contribution < -0.4 is 5.32 Å². The molecule has 1 aliphatic carbocycles. The molecule has 0 atom stereocenters. The summed E-state index contributed by atoms with van der Waals surface area (Å²) in [5.74, 6) is -0.829. The Hall–Kier alpha value is -1.26. The van der Waals surface area contributed by atoms with E-state index in [0.29, 0.717) is 0 Å². The van der Waals surface area contributed by atoms with Crippen molar-refractivity contribution in [1.82, 2.24) is 10.2 Å². The maximum atomic E-state index is 12.5. The van der Waals surface area contributed by atoms with E-state index in [-0.39, 0.29) is 18.0 Å². The van der Waals surface area contributed by atoms with E-state index in [0.717, 1.165) is 44.9 Å². The summed E-state index contributed by atoms with van der Waals surface area (Å²) in [4.78, 5) is 25.4. The molecule has 1 saturated carbocycles. The summed E-state index contributed by atoms with van der Waals surface area (Å²) in [7, 11) is 1.74. The number of carbonyl (C=O) groups excluding carboxylic acids is 1. The van der Waals surface area contributed by atoms with E-state index >= 15 is 0 Å². The molecule has 0 aromatic carbocycles. The summed E-state index contributed by atoms with van der Waals surface area (Å²) in [5, 5.41) is 12.3. The first kappa shape index (κ1) is 17.8. The van der Waals surface area contributed by atoms with Gasteiger partial charge in [0.25, 0.3) is 0 Å². The van der Waals surface area contributed by atoms with E-state index in [4.69, 9.17) is 0 Å². The fourth-order valence-electron chi connectivity index (χ4n) is 3.40. The van der Waals surface area contributed by atoms with Crippen LogP contribution in [0.5, 0.6) is 0 Å². The number of hydrogen-bond donors (Lipinski definition) is 2. The van der Waals surface area contributed by atoms with Gasteiger partial charge in [-0.2, -0.15) is 0 Å². The predicted molar refractivity (Wildman–Crippen MR) is 83.4 cm³/mol. The van der Waals surface area contributed by atoms with Crippen LogP contribution in [0.1, 0.15) is 72.1 Å². The van der Waals surface area contributed by atoms with Crippen LogP contribution in [-0.4, -0.2) is 40.1 Å². The summed E-state index contributed by atoms with van der Waals surface area (Å²) in [6.45, 7) is 6.10. The zero-order valence-corrected chi connectivity index (χ0v) is 13.9. The molecule has 0 spiro atoms. The summed E-state index contributed by atoms with van der Waals surface area (Å²) < 4.78 is 0. The Balaban J connectivity index is 2.82. The number of urea groups is 1. The second kappa shape index (κ2) is 7.14. The van der Waals surface area contributed by atoms with Gasteiger partial charge in [0.05, 0.1) is 12.0 Å². The fraction of sp³-hybridized carbons (Fsp3) is 0.875. The largest absolute Gasteiger partial charge is 0.481 e. The second-order valence-electron chi connectivity index (χ2n) is 6.98. The van der Waals surface area contributed by atoms with Crippen LogP contribution in [0.25, 0.3) is 0 Å². The number of nitrogens with zero attached hydrogens (tertiary/aromatic N) is 1. The Bertz CT molecular complexity index is 374. The molecule has 0 aromatic rings. The zero-order chi connectivity index (χ0) is 16.1. The highest BCUT2D eigenvalue weighted by atomic mass is 16.4. The third-order valence-electron chi connectivity index (χ3n) is 4.60. The lowest BCUT2D eigenvalue weighted by atomic mass is 9.78. The lowest BCUT2D eigenvalue weighted by Crippen LogP contribution is -2.58. The van der Waals surface area contributed by atoms with Crippen molar-refractivity contribution >= 4 is 12.0 Å². The Morgan fingerprint density at radius 3 is 2.29 bits per heavy atom. The molecule has 2 N–H and O–H groups in total. The maximum Gasteiger partial charge on any atom is 0.318 e. The van der Waals surface area contributed by atoms with Crippen LogP contribution in [0.3, 0.4) is 0 Å². The first-order chi connectivity index (χ1) is 9.72. The van der Waals surface area contributed by atoms with Gasteiger partial charge in [-0.05, 0) is 33.1 Å². The molecule has 1 fully saturated rings. The number of carbonyl (C=O) groups is 2.